The summed E-state index contributed by atoms with van der Waals surface area (Å²) in [6.45, 7) is -1.82. The zero-order valence-electron chi connectivity index (χ0n) is 25.3. The van der Waals surface area contributed by atoms with Gasteiger partial charge in [-0.25, -0.2) is 30.5 Å². The quantitative estimate of drug-likeness (QED) is 0.0267. The van der Waals surface area contributed by atoms with Crippen molar-refractivity contribution in [1.82, 2.24) is 0 Å². The van der Waals surface area contributed by atoms with Gasteiger partial charge in [0.15, 0.2) is 19.7 Å². The summed E-state index contributed by atoms with van der Waals surface area (Å²) in [7, 11) is -23.2. The highest BCUT2D eigenvalue weighted by Crippen LogP contribution is 2.43. The molecule has 0 aromatic heterocycles. The van der Waals surface area contributed by atoms with Crippen molar-refractivity contribution >= 4 is 96.8 Å². The molecule has 0 unspecified atom stereocenters. The van der Waals surface area contributed by atoms with E-state index >= 15 is 0 Å². The number of sulfone groups is 2. The van der Waals surface area contributed by atoms with Gasteiger partial charge in [0.2, 0.25) is 0 Å². The first-order valence-corrected chi connectivity index (χ1v) is 21.3. The molecule has 0 aliphatic rings. The summed E-state index contributed by atoms with van der Waals surface area (Å²) in [4.78, 5) is -1.91. The van der Waals surface area contributed by atoms with Crippen LogP contribution in [0.15, 0.2) is 88.6 Å². The third-order valence-electron chi connectivity index (χ3n) is 5.94. The summed E-state index contributed by atoms with van der Waals surface area (Å²) in [5, 5.41) is 27.4. The van der Waals surface area contributed by atoms with Crippen molar-refractivity contribution in [3.63, 3.8) is 0 Å². The minimum absolute atomic E-state index is 0.0419. The molecule has 0 aliphatic carbocycles. The standard InChI is InChI=1S/C22H24N6O18S6/c23-20-17(27-26-16-6-5-15(11-18(16)47-46-45-29)49(32,33)10-8-44-52(40,41)42)12-19(50(34,35)36)21(24)22(20)28-25-13-1-3-14(4-2-13)48(30,31)9-7-43-51(37,38)39/h1-6,11-12,29H,7-10,23-24H2,(H,34,35,36)(H,37,38,39)(H,40,41,42). The Kier molecular flexibility index (Phi) is 13.9. The number of rotatable bonds is 18. The second-order valence-electron chi connectivity index (χ2n) is 9.43. The van der Waals surface area contributed by atoms with E-state index < -0.39 is 108 Å². The number of nitrogens with zero attached hydrogens (tertiary/aromatic N) is 4. The van der Waals surface area contributed by atoms with Gasteiger partial charge in [-0.2, -0.15) is 30.4 Å². The van der Waals surface area contributed by atoms with E-state index in [-0.39, 0.29) is 33.2 Å². The minimum atomic E-state index is -5.07. The molecule has 0 atom stereocenters. The third kappa shape index (κ3) is 12.4. The first-order valence-electron chi connectivity index (χ1n) is 13.0. The van der Waals surface area contributed by atoms with Crippen LogP contribution >= 0.6 is 12.0 Å². The average Bonchev–Trinajstić information content (AvgIpc) is 3.01. The first-order chi connectivity index (χ1) is 23.9. The number of anilines is 2. The fourth-order valence-corrected chi connectivity index (χ4v) is 7.81. The number of azo groups is 2. The van der Waals surface area contributed by atoms with E-state index in [4.69, 9.17) is 25.8 Å². The molecule has 0 radical (unpaired) electrons. The first kappa shape index (κ1) is 42.7. The highest BCUT2D eigenvalue weighted by molar-refractivity contribution is 7.95. The Morgan fingerprint density at radius 1 is 0.635 bits per heavy atom. The van der Waals surface area contributed by atoms with Crippen LogP contribution in [0.5, 0.6) is 0 Å². The van der Waals surface area contributed by atoms with Gasteiger partial charge in [-0.05, 0) is 48.5 Å². The van der Waals surface area contributed by atoms with Gasteiger partial charge in [-0.1, -0.05) is 5.04 Å². The van der Waals surface area contributed by atoms with Crippen LogP contribution in [-0.2, 0) is 68.3 Å². The van der Waals surface area contributed by atoms with Crippen molar-refractivity contribution in [2.45, 2.75) is 19.6 Å². The van der Waals surface area contributed by atoms with Gasteiger partial charge in [-0.3, -0.25) is 13.7 Å². The van der Waals surface area contributed by atoms with Gasteiger partial charge in [0.05, 0.1) is 68.5 Å². The Balaban J connectivity index is 1.99. The number of hydrogen-bond donors (Lipinski definition) is 6. The molecular weight excluding hydrogens is 829 g/mol. The molecule has 0 spiro atoms. The number of benzene rings is 3. The molecule has 24 nitrogen and oxygen atoms in total. The molecule has 286 valence electrons. The van der Waals surface area contributed by atoms with E-state index in [0.29, 0.717) is 6.07 Å². The monoisotopic (exact) mass is 852 g/mol. The molecule has 0 aliphatic heterocycles. The van der Waals surface area contributed by atoms with Crippen LogP contribution in [0.3, 0.4) is 0 Å². The Morgan fingerprint density at radius 3 is 1.67 bits per heavy atom. The summed E-state index contributed by atoms with van der Waals surface area (Å²) in [5.41, 5.74) is 9.55. The Hall–Kier alpha value is -3.76. The molecule has 3 aromatic rings. The molecule has 30 heteroatoms. The van der Waals surface area contributed by atoms with Crippen molar-refractivity contribution in [1.29, 1.82) is 0 Å². The van der Waals surface area contributed by atoms with Crippen LogP contribution in [0, 0.1) is 0 Å². The molecule has 0 amide bonds. The SMILES string of the molecule is Nc1c(N=Nc2ccc(S(=O)(=O)CCOS(=O)(=O)O)cc2SOOO)cc(S(=O)(=O)O)c(N)c1N=Nc1ccc(S(=O)(=O)CCOS(=O)(=O)O)cc1. The van der Waals surface area contributed by atoms with Crippen molar-refractivity contribution in [3.05, 3.63) is 48.5 Å². The molecule has 52 heavy (non-hydrogen) atoms. The van der Waals surface area contributed by atoms with Crippen molar-refractivity contribution < 1.29 is 78.7 Å². The molecule has 0 fully saturated rings. The fourth-order valence-electron chi connectivity index (χ4n) is 3.63. The fraction of sp³-hybridized carbons (Fsp3) is 0.182. The molecule has 0 bridgehead atoms. The van der Waals surface area contributed by atoms with E-state index in [2.05, 4.69) is 38.2 Å². The number of hydrogen-bond acceptors (Lipinski definition) is 22. The highest BCUT2D eigenvalue weighted by Gasteiger charge is 2.24. The lowest BCUT2D eigenvalue weighted by molar-refractivity contribution is -0.432. The predicted octanol–water partition coefficient (Wildman–Crippen LogP) is 2.54. The summed E-state index contributed by atoms with van der Waals surface area (Å²) >= 11 is 0.214. The van der Waals surface area contributed by atoms with E-state index in [1.165, 1.54) is 0 Å². The summed E-state index contributed by atoms with van der Waals surface area (Å²) < 4.78 is 157. The minimum Gasteiger partial charge on any atom is -0.396 e. The summed E-state index contributed by atoms with van der Waals surface area (Å²) in [6.07, 6.45) is 0. The van der Waals surface area contributed by atoms with E-state index in [9.17, 15) is 46.6 Å². The van der Waals surface area contributed by atoms with Crippen LogP contribution < -0.4 is 11.5 Å². The molecular formula is C22H24N6O18S6. The Bertz CT molecular complexity index is 2420. The number of nitrogens with two attached hydrogens (primary N) is 2. The van der Waals surface area contributed by atoms with Gasteiger partial charge in [0.25, 0.3) is 10.1 Å². The smallest absolute Gasteiger partial charge is 0.396 e. The van der Waals surface area contributed by atoms with Crippen molar-refractivity contribution in [2.24, 2.45) is 20.5 Å². The normalized spacial score (nSPS) is 13.3. The van der Waals surface area contributed by atoms with Crippen LogP contribution in [0.2, 0.25) is 0 Å². The highest BCUT2D eigenvalue weighted by atomic mass is 32.3. The van der Waals surface area contributed by atoms with E-state index in [1.54, 1.807) is 0 Å². The second kappa shape index (κ2) is 16.9. The van der Waals surface area contributed by atoms with Crippen molar-refractivity contribution in [2.75, 3.05) is 36.2 Å². The van der Waals surface area contributed by atoms with Gasteiger partial charge < -0.3 is 11.5 Å². The number of nitrogen functional groups attached to an aromatic ring is 2. The molecule has 0 saturated carbocycles. The largest absolute Gasteiger partial charge is 0.397 e. The van der Waals surface area contributed by atoms with Crippen LogP contribution in [0.25, 0.3) is 0 Å². The van der Waals surface area contributed by atoms with Crippen LogP contribution in [0.4, 0.5) is 34.1 Å². The van der Waals surface area contributed by atoms with Gasteiger partial charge >= 0.3 is 20.8 Å². The lowest BCUT2D eigenvalue weighted by Gasteiger charge is -2.11. The lowest BCUT2D eigenvalue weighted by atomic mass is 10.2. The van der Waals surface area contributed by atoms with Crippen LogP contribution in [0.1, 0.15) is 0 Å². The maximum Gasteiger partial charge on any atom is 0.397 e. The summed E-state index contributed by atoms with van der Waals surface area (Å²) in [5.74, 6) is -1.73. The van der Waals surface area contributed by atoms with Gasteiger partial charge in [-0.15, -0.1) is 19.7 Å². The molecule has 8 N–H and O–H groups in total. The molecule has 3 rings (SSSR count). The van der Waals surface area contributed by atoms with Gasteiger partial charge in [0, 0.05) is 0 Å². The maximum atomic E-state index is 12.6. The predicted molar refractivity (Wildman–Crippen MR) is 176 cm³/mol. The maximum absolute atomic E-state index is 12.6. The third-order valence-corrected chi connectivity index (χ3v) is 11.8. The van der Waals surface area contributed by atoms with Gasteiger partial charge in [0.1, 0.15) is 22.0 Å². The Labute approximate surface area is 299 Å². The average molecular weight is 853 g/mol. The lowest BCUT2D eigenvalue weighted by Crippen LogP contribution is -2.15. The molecule has 0 heterocycles. The Morgan fingerprint density at radius 2 is 1.15 bits per heavy atom. The topological polar surface area (TPSA) is 390 Å². The van der Waals surface area contributed by atoms with E-state index in [1.807, 2.05) is 0 Å². The summed E-state index contributed by atoms with van der Waals surface area (Å²) in [6, 6.07) is 8.08. The van der Waals surface area contributed by atoms with E-state index in [0.717, 1.165) is 42.5 Å². The zero-order chi connectivity index (χ0) is 39.1. The molecule has 0 saturated heterocycles. The van der Waals surface area contributed by atoms with Crippen molar-refractivity contribution in [3.8, 4) is 0 Å². The van der Waals surface area contributed by atoms with Crippen LogP contribution in [-0.4, -0.2) is 85.7 Å². The molecule has 3 aromatic carbocycles. The zero-order valence-corrected chi connectivity index (χ0v) is 30.2. The second-order valence-corrected chi connectivity index (χ2v) is 18.0.